The number of aromatic nitrogens is 2. The maximum absolute atomic E-state index is 12.8. The van der Waals surface area contributed by atoms with Crippen molar-refractivity contribution in [3.63, 3.8) is 0 Å². The Hall–Kier alpha value is -3.11. The third kappa shape index (κ3) is 5.60. The van der Waals surface area contributed by atoms with Crippen molar-refractivity contribution in [3.8, 4) is 5.75 Å². The molecule has 2 heterocycles. The van der Waals surface area contributed by atoms with Crippen LogP contribution in [0.4, 0.5) is 23.1 Å². The van der Waals surface area contributed by atoms with Gasteiger partial charge in [0, 0.05) is 30.8 Å². The Morgan fingerprint density at radius 2 is 2.00 bits per heavy atom. The maximum atomic E-state index is 12.8. The van der Waals surface area contributed by atoms with Crippen molar-refractivity contribution in [1.82, 2.24) is 15.3 Å². The Labute approximate surface area is 219 Å². The molecule has 0 saturated heterocycles. The normalized spacial score (nSPS) is 20.1. The Kier molecular flexibility index (Phi) is 8.08. The number of benzene rings is 1. The van der Waals surface area contributed by atoms with Crippen LogP contribution in [0.5, 0.6) is 5.75 Å². The van der Waals surface area contributed by atoms with E-state index in [4.69, 9.17) is 9.72 Å². The number of hydrogen-bond donors (Lipinski definition) is 4. The number of carbonyl (C=O) groups is 1. The van der Waals surface area contributed by atoms with Gasteiger partial charge in [-0.3, -0.25) is 4.79 Å². The summed E-state index contributed by atoms with van der Waals surface area (Å²) in [5.41, 5.74) is 1.36. The first kappa shape index (κ1) is 26.9. The lowest BCUT2D eigenvalue weighted by atomic mass is 10.0. The van der Waals surface area contributed by atoms with Gasteiger partial charge < -0.3 is 35.4 Å². The van der Waals surface area contributed by atoms with E-state index >= 15 is 0 Å². The molecule has 1 aromatic heterocycles. The number of methoxy groups -OCH3 is 1. The minimum atomic E-state index is -0.623. The average Bonchev–Trinajstić information content (AvgIpc) is 3.40. The van der Waals surface area contributed by atoms with Crippen LogP contribution in [0.3, 0.4) is 0 Å². The van der Waals surface area contributed by atoms with Crippen molar-refractivity contribution >= 4 is 29.0 Å². The Morgan fingerprint density at radius 3 is 2.65 bits per heavy atom. The van der Waals surface area contributed by atoms with E-state index in [1.165, 1.54) is 12.8 Å². The highest BCUT2D eigenvalue weighted by Crippen LogP contribution is 2.41. The molecule has 2 atom stereocenters. The van der Waals surface area contributed by atoms with Gasteiger partial charge in [-0.15, -0.1) is 0 Å². The summed E-state index contributed by atoms with van der Waals surface area (Å²) in [5, 5.41) is 26.5. The molecular formula is C27H40N6O4. The molecule has 1 aromatic carbocycles. The van der Waals surface area contributed by atoms with Crippen LogP contribution in [0.15, 0.2) is 24.4 Å². The minimum absolute atomic E-state index is 0.00777. The van der Waals surface area contributed by atoms with Gasteiger partial charge in [0.25, 0.3) is 5.91 Å². The fraction of sp³-hybridized carbons (Fsp3) is 0.593. The molecule has 10 nitrogen and oxygen atoms in total. The van der Waals surface area contributed by atoms with Gasteiger partial charge in [0.2, 0.25) is 5.95 Å². The molecule has 202 valence electrons. The van der Waals surface area contributed by atoms with Crippen molar-refractivity contribution < 1.29 is 19.7 Å². The third-order valence-corrected chi connectivity index (χ3v) is 7.51. The number of aliphatic hydroxyl groups is 2. The summed E-state index contributed by atoms with van der Waals surface area (Å²) in [6.07, 6.45) is 6.93. The number of carbonyl (C=O) groups excluding carboxylic acids is 1. The highest BCUT2D eigenvalue weighted by Gasteiger charge is 2.41. The highest BCUT2D eigenvalue weighted by molar-refractivity contribution is 5.96. The van der Waals surface area contributed by atoms with Crippen molar-refractivity contribution in [2.24, 2.45) is 0 Å². The molecule has 2 aliphatic rings. The van der Waals surface area contributed by atoms with Gasteiger partial charge in [-0.25, -0.2) is 4.98 Å². The standard InChI is InChI=1S/C27H40N6O4/c1-6-20-25(36)32(4)21-16-28-26(30-23(21)33(20)18-9-7-8-10-18)29-19-12-11-17(15-22(19)37-5)24(35)31-27(2,3)13-14-34/h11-12,15-16,18,20,25,34,36H,6-10,13-14H2,1-5H3,(H,31,35)(H,28,29,30). The van der Waals surface area contributed by atoms with E-state index < -0.39 is 11.8 Å². The molecule has 0 radical (unpaired) electrons. The topological polar surface area (TPSA) is 123 Å². The van der Waals surface area contributed by atoms with Gasteiger partial charge in [-0.1, -0.05) is 19.8 Å². The third-order valence-electron chi connectivity index (χ3n) is 7.51. The van der Waals surface area contributed by atoms with Crippen LogP contribution in [0.1, 0.15) is 69.7 Å². The molecule has 2 unspecified atom stereocenters. The van der Waals surface area contributed by atoms with Crippen LogP contribution in [-0.4, -0.2) is 70.7 Å². The largest absolute Gasteiger partial charge is 0.495 e. The highest BCUT2D eigenvalue weighted by atomic mass is 16.5. The number of aliphatic hydroxyl groups excluding tert-OH is 2. The zero-order valence-corrected chi connectivity index (χ0v) is 22.5. The molecule has 1 fully saturated rings. The lowest BCUT2D eigenvalue weighted by molar-refractivity contribution is 0.0899. The molecule has 37 heavy (non-hydrogen) atoms. The number of nitrogens with one attached hydrogen (secondary N) is 2. The van der Waals surface area contributed by atoms with Crippen molar-refractivity contribution in [3.05, 3.63) is 30.0 Å². The van der Waals surface area contributed by atoms with Crippen molar-refractivity contribution in [2.45, 2.75) is 83.1 Å². The summed E-state index contributed by atoms with van der Waals surface area (Å²) in [7, 11) is 3.43. The van der Waals surface area contributed by atoms with Crippen molar-refractivity contribution in [1.29, 1.82) is 0 Å². The molecule has 1 saturated carbocycles. The maximum Gasteiger partial charge on any atom is 0.251 e. The number of hydrogen-bond acceptors (Lipinski definition) is 9. The number of ether oxygens (including phenoxy) is 1. The van der Waals surface area contributed by atoms with Crippen LogP contribution < -0.4 is 25.2 Å². The van der Waals surface area contributed by atoms with Crippen LogP contribution in [0.2, 0.25) is 0 Å². The molecule has 0 spiro atoms. The predicted molar refractivity (Wildman–Crippen MR) is 145 cm³/mol. The van der Waals surface area contributed by atoms with Crippen LogP contribution >= 0.6 is 0 Å². The van der Waals surface area contributed by atoms with Gasteiger partial charge >= 0.3 is 0 Å². The van der Waals surface area contributed by atoms with E-state index in [0.717, 1.165) is 30.8 Å². The number of rotatable bonds is 9. The van der Waals surface area contributed by atoms with E-state index in [0.29, 0.717) is 35.4 Å². The van der Waals surface area contributed by atoms with Crippen LogP contribution in [0.25, 0.3) is 0 Å². The number of nitrogens with zero attached hydrogens (tertiary/aromatic N) is 4. The SMILES string of the molecule is CCC1C(O)N(C)c2cnc(Nc3ccc(C(=O)NC(C)(C)CCO)cc3OC)nc2N1C1CCCC1. The molecule has 10 heteroatoms. The first-order valence-electron chi connectivity index (χ1n) is 13.1. The fourth-order valence-electron chi connectivity index (χ4n) is 5.38. The molecule has 1 aliphatic carbocycles. The summed E-state index contributed by atoms with van der Waals surface area (Å²) < 4.78 is 5.58. The van der Waals surface area contributed by atoms with Crippen LogP contribution in [-0.2, 0) is 0 Å². The Balaban J connectivity index is 1.61. The summed E-state index contributed by atoms with van der Waals surface area (Å²) in [4.78, 5) is 26.4. The van der Waals surface area contributed by atoms with Gasteiger partial charge in [0.1, 0.15) is 17.7 Å². The lowest BCUT2D eigenvalue weighted by Crippen LogP contribution is -2.58. The smallest absolute Gasteiger partial charge is 0.251 e. The second kappa shape index (κ2) is 11.1. The molecule has 2 aromatic rings. The quantitative estimate of drug-likeness (QED) is 0.400. The van der Waals surface area contributed by atoms with Crippen molar-refractivity contribution in [2.75, 3.05) is 35.9 Å². The van der Waals surface area contributed by atoms with Gasteiger partial charge in [-0.2, -0.15) is 4.98 Å². The van der Waals surface area contributed by atoms with E-state index in [1.807, 2.05) is 25.8 Å². The second-order valence-corrected chi connectivity index (χ2v) is 10.6. The summed E-state index contributed by atoms with van der Waals surface area (Å²) >= 11 is 0. The lowest BCUT2D eigenvalue weighted by Gasteiger charge is -2.48. The molecular weight excluding hydrogens is 472 g/mol. The number of amides is 1. The molecule has 4 rings (SSSR count). The van der Waals surface area contributed by atoms with E-state index in [-0.39, 0.29) is 18.6 Å². The monoisotopic (exact) mass is 512 g/mol. The average molecular weight is 513 g/mol. The minimum Gasteiger partial charge on any atom is -0.495 e. The van der Waals surface area contributed by atoms with Gasteiger partial charge in [0.15, 0.2) is 5.82 Å². The molecule has 0 bridgehead atoms. The van der Waals surface area contributed by atoms with E-state index in [2.05, 4.69) is 27.4 Å². The Morgan fingerprint density at radius 1 is 1.27 bits per heavy atom. The zero-order valence-electron chi connectivity index (χ0n) is 22.5. The van der Waals surface area contributed by atoms with Crippen LogP contribution in [0, 0.1) is 0 Å². The summed E-state index contributed by atoms with van der Waals surface area (Å²) in [6.45, 7) is 5.83. The van der Waals surface area contributed by atoms with Gasteiger partial charge in [-0.05, 0) is 57.7 Å². The van der Waals surface area contributed by atoms with Gasteiger partial charge in [0.05, 0.1) is 25.0 Å². The molecule has 1 amide bonds. The molecule has 4 N–H and O–H groups in total. The summed E-state index contributed by atoms with van der Waals surface area (Å²) in [5.74, 6) is 1.49. The number of likely N-dealkylation sites (N-methyl/N-ethyl adjacent to an activating group) is 1. The first-order chi connectivity index (χ1) is 17.7. The first-order valence-corrected chi connectivity index (χ1v) is 13.1. The van der Waals surface area contributed by atoms with E-state index in [9.17, 15) is 15.0 Å². The zero-order chi connectivity index (χ0) is 26.7. The second-order valence-electron chi connectivity index (χ2n) is 10.6. The van der Waals surface area contributed by atoms with E-state index in [1.54, 1.807) is 31.5 Å². The number of fused-ring (bicyclic) bond motifs is 1. The summed E-state index contributed by atoms with van der Waals surface area (Å²) in [6, 6.07) is 5.46. The number of anilines is 4. The Bertz CT molecular complexity index is 1100. The fourth-order valence-corrected chi connectivity index (χ4v) is 5.38. The molecule has 1 aliphatic heterocycles. The predicted octanol–water partition coefficient (Wildman–Crippen LogP) is 3.42.